The molecule has 2 aromatic rings. The number of benzene rings is 2. The number of phenols is 2. The molecular weight excluding hydrogens is 536 g/mol. The fraction of sp³-hybridized carbons (Fsp3) is 0.622. The Morgan fingerprint density at radius 1 is 0.512 bits per heavy atom. The average molecular weight is 595 g/mol. The molecule has 0 saturated heterocycles. The number of amides is 2. The van der Waals surface area contributed by atoms with Crippen LogP contribution in [0.3, 0.4) is 0 Å². The Morgan fingerprint density at radius 2 is 0.721 bits per heavy atom. The standard InChI is InChI=1S/C37H58N2O4/c1-32(2,3)24-18-22(19-25(28(24)40)33(4,5)6)36(13,30(38)42)16-15-17-37(14,31(39)43)23-20-26(34(7,8)9)29(41)27(21-23)35(10,11)12/h18-21,40-41H,15-17H2,1-14H3,(H2,38,42)(H2,39,43). The van der Waals surface area contributed by atoms with Gasteiger partial charge in [-0.05, 0) is 81.7 Å². The Labute approximate surface area is 260 Å². The van der Waals surface area contributed by atoms with Gasteiger partial charge in [0.1, 0.15) is 11.5 Å². The van der Waals surface area contributed by atoms with Crippen molar-refractivity contribution in [2.45, 2.75) is 149 Å². The van der Waals surface area contributed by atoms with Crippen LogP contribution in [-0.2, 0) is 42.1 Å². The van der Waals surface area contributed by atoms with Gasteiger partial charge in [0, 0.05) is 0 Å². The number of hydrogen-bond donors (Lipinski definition) is 4. The van der Waals surface area contributed by atoms with Gasteiger partial charge < -0.3 is 21.7 Å². The SMILES string of the molecule is CC(C)(C)c1cc(C(C)(CCCC(C)(C(N)=O)c2cc(C(C)(C)C)c(O)c(C(C)(C)C)c2)C(N)=O)cc(C(C)(C)C)c1O. The van der Waals surface area contributed by atoms with Gasteiger partial charge in [-0.3, -0.25) is 9.59 Å². The lowest BCUT2D eigenvalue weighted by Gasteiger charge is -2.35. The number of hydrogen-bond acceptors (Lipinski definition) is 4. The number of carbonyl (C=O) groups excluding carboxylic acids is 2. The molecule has 0 aliphatic rings. The Balaban J connectivity index is 2.67. The Kier molecular flexibility index (Phi) is 9.66. The first-order valence-corrected chi connectivity index (χ1v) is 15.4. The zero-order valence-corrected chi connectivity index (χ0v) is 29.3. The summed E-state index contributed by atoms with van der Waals surface area (Å²) in [5.74, 6) is -0.441. The molecule has 0 aliphatic heterocycles. The van der Waals surface area contributed by atoms with Gasteiger partial charge in [0.25, 0.3) is 0 Å². The van der Waals surface area contributed by atoms with Gasteiger partial charge in [0.05, 0.1) is 10.8 Å². The molecule has 6 N–H and O–H groups in total. The van der Waals surface area contributed by atoms with Crippen molar-refractivity contribution in [1.29, 1.82) is 0 Å². The lowest BCUT2D eigenvalue weighted by atomic mass is 9.69. The summed E-state index contributed by atoms with van der Waals surface area (Å²) in [4.78, 5) is 26.4. The molecule has 0 radical (unpaired) electrons. The van der Waals surface area contributed by atoms with Gasteiger partial charge in [0.15, 0.2) is 0 Å². The number of nitrogens with two attached hydrogens (primary N) is 2. The summed E-state index contributed by atoms with van der Waals surface area (Å²) < 4.78 is 0. The number of rotatable bonds is 8. The van der Waals surface area contributed by atoms with Crippen LogP contribution in [0.5, 0.6) is 11.5 Å². The Bertz CT molecular complexity index is 1200. The molecule has 6 nitrogen and oxygen atoms in total. The minimum atomic E-state index is -1.05. The molecule has 240 valence electrons. The van der Waals surface area contributed by atoms with Crippen LogP contribution in [0.1, 0.15) is 150 Å². The van der Waals surface area contributed by atoms with Crippen LogP contribution in [-0.4, -0.2) is 22.0 Å². The predicted octanol–water partition coefficient (Wildman–Crippen LogP) is 7.64. The van der Waals surface area contributed by atoms with Gasteiger partial charge in [-0.25, -0.2) is 0 Å². The first-order chi connectivity index (χ1) is 19.1. The first kappa shape index (κ1) is 36.2. The maximum absolute atomic E-state index is 13.2. The van der Waals surface area contributed by atoms with Crippen LogP contribution in [0.15, 0.2) is 24.3 Å². The second-order valence-corrected chi connectivity index (χ2v) is 17.1. The molecule has 43 heavy (non-hydrogen) atoms. The van der Waals surface area contributed by atoms with Crippen LogP contribution in [0.2, 0.25) is 0 Å². The molecule has 0 aliphatic carbocycles. The predicted molar refractivity (Wildman–Crippen MR) is 178 cm³/mol. The fourth-order valence-electron chi connectivity index (χ4n) is 5.81. The highest BCUT2D eigenvalue weighted by atomic mass is 16.3. The Morgan fingerprint density at radius 3 is 0.884 bits per heavy atom. The molecule has 2 unspecified atom stereocenters. The summed E-state index contributed by atoms with van der Waals surface area (Å²) >= 11 is 0. The highest BCUT2D eigenvalue weighted by molar-refractivity contribution is 5.87. The van der Waals surface area contributed by atoms with Gasteiger partial charge in [-0.15, -0.1) is 0 Å². The molecule has 0 spiro atoms. The zero-order valence-electron chi connectivity index (χ0n) is 29.3. The normalized spacial score (nSPS) is 16.0. The van der Waals surface area contributed by atoms with Crippen molar-refractivity contribution >= 4 is 11.8 Å². The second kappa shape index (κ2) is 11.5. The minimum Gasteiger partial charge on any atom is -0.507 e. The molecule has 2 rings (SSSR count). The van der Waals surface area contributed by atoms with E-state index in [1.54, 1.807) is 0 Å². The maximum Gasteiger partial charge on any atom is 0.227 e. The van der Waals surface area contributed by atoms with E-state index in [-0.39, 0.29) is 33.2 Å². The van der Waals surface area contributed by atoms with E-state index in [1.807, 2.05) is 121 Å². The number of carbonyl (C=O) groups is 2. The summed E-state index contributed by atoms with van der Waals surface area (Å²) in [6.45, 7) is 28.1. The van der Waals surface area contributed by atoms with Gasteiger partial charge >= 0.3 is 0 Å². The van der Waals surface area contributed by atoms with E-state index < -0.39 is 22.6 Å². The van der Waals surface area contributed by atoms with Gasteiger partial charge in [-0.1, -0.05) is 114 Å². The summed E-state index contributed by atoms with van der Waals surface area (Å²) in [6.07, 6.45) is 1.27. The summed E-state index contributed by atoms with van der Waals surface area (Å²) in [7, 11) is 0. The zero-order chi connectivity index (χ0) is 33.7. The van der Waals surface area contributed by atoms with Crippen LogP contribution in [0.4, 0.5) is 0 Å². The number of phenolic OH excluding ortho intramolecular Hbond substituents is 2. The van der Waals surface area contributed by atoms with Gasteiger partial charge in [-0.2, -0.15) is 0 Å². The van der Waals surface area contributed by atoms with E-state index in [0.29, 0.717) is 19.3 Å². The first-order valence-electron chi connectivity index (χ1n) is 15.4. The third-order valence-electron chi connectivity index (χ3n) is 9.17. The van der Waals surface area contributed by atoms with Crippen LogP contribution < -0.4 is 11.5 Å². The summed E-state index contributed by atoms with van der Waals surface area (Å²) in [5.41, 5.74) is 13.2. The van der Waals surface area contributed by atoms with Crippen LogP contribution >= 0.6 is 0 Å². The minimum absolute atomic E-state index is 0.244. The molecule has 2 amide bonds. The lowest BCUT2D eigenvalue weighted by Crippen LogP contribution is -2.41. The molecule has 0 heterocycles. The molecule has 6 heteroatoms. The Hall–Kier alpha value is -3.02. The molecule has 0 saturated carbocycles. The van der Waals surface area contributed by atoms with Crippen molar-refractivity contribution in [3.8, 4) is 11.5 Å². The molecular formula is C37H58N2O4. The third kappa shape index (κ3) is 7.38. The fourth-order valence-corrected chi connectivity index (χ4v) is 5.81. The van der Waals surface area contributed by atoms with Crippen LogP contribution in [0.25, 0.3) is 0 Å². The lowest BCUT2D eigenvalue weighted by molar-refractivity contribution is -0.123. The summed E-state index contributed by atoms with van der Waals surface area (Å²) in [6, 6.07) is 7.64. The van der Waals surface area contributed by atoms with Crippen molar-refractivity contribution in [3.63, 3.8) is 0 Å². The number of aromatic hydroxyl groups is 2. The quantitative estimate of drug-likeness (QED) is 0.250. The highest BCUT2D eigenvalue weighted by Gasteiger charge is 2.40. The van der Waals surface area contributed by atoms with Gasteiger partial charge in [0.2, 0.25) is 11.8 Å². The third-order valence-corrected chi connectivity index (χ3v) is 9.17. The van der Waals surface area contributed by atoms with Crippen molar-refractivity contribution < 1.29 is 19.8 Å². The molecule has 0 aromatic heterocycles. The van der Waals surface area contributed by atoms with E-state index in [0.717, 1.165) is 33.4 Å². The summed E-state index contributed by atoms with van der Waals surface area (Å²) in [5, 5.41) is 22.5. The molecule has 0 bridgehead atoms. The van der Waals surface area contributed by atoms with Crippen molar-refractivity contribution in [2.75, 3.05) is 0 Å². The highest BCUT2D eigenvalue weighted by Crippen LogP contribution is 2.46. The van der Waals surface area contributed by atoms with Crippen LogP contribution in [0, 0.1) is 0 Å². The second-order valence-electron chi connectivity index (χ2n) is 17.1. The topological polar surface area (TPSA) is 127 Å². The van der Waals surface area contributed by atoms with Crippen molar-refractivity contribution in [2.24, 2.45) is 11.5 Å². The molecule has 2 aromatic carbocycles. The smallest absolute Gasteiger partial charge is 0.227 e. The van der Waals surface area contributed by atoms with Crippen molar-refractivity contribution in [1.82, 2.24) is 0 Å². The molecule has 2 atom stereocenters. The monoisotopic (exact) mass is 594 g/mol. The van der Waals surface area contributed by atoms with Crippen molar-refractivity contribution in [3.05, 3.63) is 57.6 Å². The molecule has 0 fully saturated rings. The average Bonchev–Trinajstić information content (AvgIpc) is 2.80. The van der Waals surface area contributed by atoms with E-state index in [2.05, 4.69) is 0 Å². The van der Waals surface area contributed by atoms with E-state index >= 15 is 0 Å². The number of primary amides is 2. The van der Waals surface area contributed by atoms with E-state index in [9.17, 15) is 19.8 Å². The largest absolute Gasteiger partial charge is 0.507 e. The van der Waals surface area contributed by atoms with E-state index in [1.165, 1.54) is 0 Å². The maximum atomic E-state index is 13.2. The van der Waals surface area contributed by atoms with E-state index in [4.69, 9.17) is 11.5 Å².